The maximum Gasteiger partial charge on any atom is 0.313 e. The molecule has 0 N–H and O–H groups in total. The third kappa shape index (κ3) is 2.98. The van der Waals surface area contributed by atoms with Gasteiger partial charge in [0.1, 0.15) is 5.60 Å². The van der Waals surface area contributed by atoms with Crippen molar-refractivity contribution in [3.05, 3.63) is 0 Å². The van der Waals surface area contributed by atoms with Crippen molar-refractivity contribution in [3.8, 4) is 0 Å². The first kappa shape index (κ1) is 16.5. The van der Waals surface area contributed by atoms with Crippen molar-refractivity contribution in [2.24, 2.45) is 16.7 Å². The van der Waals surface area contributed by atoms with Crippen LogP contribution < -0.4 is 0 Å². The fourth-order valence-corrected chi connectivity index (χ4v) is 3.26. The molecule has 1 aliphatic carbocycles. The predicted molar refractivity (Wildman–Crippen MR) is 80.0 cm³/mol. The molecule has 0 aromatic carbocycles. The number of carbonyl (C=O) groups is 1. The second-order valence-corrected chi connectivity index (χ2v) is 7.74. The number of ether oxygens (including phenoxy) is 1. The van der Waals surface area contributed by atoms with Crippen molar-refractivity contribution < 1.29 is 9.53 Å². The smallest absolute Gasteiger partial charge is 0.313 e. The van der Waals surface area contributed by atoms with Gasteiger partial charge in [0.2, 0.25) is 0 Å². The lowest BCUT2D eigenvalue weighted by Gasteiger charge is -2.45. The summed E-state index contributed by atoms with van der Waals surface area (Å²) in [5.74, 6) is 0.272. The van der Waals surface area contributed by atoms with Crippen molar-refractivity contribution in [1.29, 1.82) is 0 Å². The Morgan fingerprint density at radius 1 is 1.16 bits per heavy atom. The largest absolute Gasteiger partial charge is 0.459 e. The number of rotatable bonds is 4. The van der Waals surface area contributed by atoms with E-state index in [1.54, 1.807) is 0 Å². The van der Waals surface area contributed by atoms with Crippen LogP contribution in [0.1, 0.15) is 80.6 Å². The quantitative estimate of drug-likeness (QED) is 0.673. The van der Waals surface area contributed by atoms with Crippen LogP contribution in [0, 0.1) is 16.7 Å². The van der Waals surface area contributed by atoms with E-state index in [1.165, 1.54) is 12.8 Å². The summed E-state index contributed by atoms with van der Waals surface area (Å²) in [4.78, 5) is 12.9. The average Bonchev–Trinajstić information content (AvgIpc) is 2.75. The molecule has 1 aliphatic rings. The van der Waals surface area contributed by atoms with Crippen LogP contribution in [0.4, 0.5) is 0 Å². The molecule has 2 heteroatoms. The van der Waals surface area contributed by atoms with Crippen LogP contribution in [-0.2, 0) is 9.53 Å². The maximum absolute atomic E-state index is 12.9. The van der Waals surface area contributed by atoms with E-state index < -0.39 is 5.41 Å². The maximum atomic E-state index is 12.9. The van der Waals surface area contributed by atoms with Crippen LogP contribution in [0.25, 0.3) is 0 Å². The van der Waals surface area contributed by atoms with Gasteiger partial charge in [-0.3, -0.25) is 4.79 Å². The van der Waals surface area contributed by atoms with Gasteiger partial charge in [-0.2, -0.15) is 0 Å². The van der Waals surface area contributed by atoms with Crippen molar-refractivity contribution in [2.45, 2.75) is 86.2 Å². The highest BCUT2D eigenvalue weighted by molar-refractivity contribution is 5.78. The third-order valence-electron chi connectivity index (χ3n) is 5.61. The second-order valence-electron chi connectivity index (χ2n) is 7.74. The summed E-state index contributed by atoms with van der Waals surface area (Å²) in [7, 11) is 0. The highest BCUT2D eigenvalue weighted by atomic mass is 16.6. The average molecular weight is 268 g/mol. The van der Waals surface area contributed by atoms with Crippen LogP contribution in [-0.4, -0.2) is 11.6 Å². The molecule has 0 heterocycles. The Labute approximate surface area is 119 Å². The minimum atomic E-state index is -0.433. The summed E-state index contributed by atoms with van der Waals surface area (Å²) in [5, 5.41) is 0. The Hall–Kier alpha value is -0.530. The Morgan fingerprint density at radius 2 is 1.63 bits per heavy atom. The molecule has 2 nitrogen and oxygen atoms in total. The van der Waals surface area contributed by atoms with Crippen LogP contribution in [0.3, 0.4) is 0 Å². The molecule has 0 bridgehead atoms. The first-order valence-electron chi connectivity index (χ1n) is 7.82. The fourth-order valence-electron chi connectivity index (χ4n) is 3.26. The van der Waals surface area contributed by atoms with Gasteiger partial charge in [0.05, 0.1) is 5.41 Å². The molecule has 0 saturated heterocycles. The molecule has 1 fully saturated rings. The Bertz CT molecular complexity index is 319. The van der Waals surface area contributed by atoms with Crippen LogP contribution in [0.5, 0.6) is 0 Å². The van der Waals surface area contributed by atoms with Gasteiger partial charge in [0, 0.05) is 0 Å². The fraction of sp³-hybridized carbons (Fsp3) is 0.941. The normalized spacial score (nSPS) is 22.3. The van der Waals surface area contributed by atoms with Gasteiger partial charge >= 0.3 is 5.97 Å². The molecule has 0 aromatic rings. The second kappa shape index (κ2) is 5.46. The van der Waals surface area contributed by atoms with E-state index in [0.29, 0.717) is 0 Å². The van der Waals surface area contributed by atoms with E-state index in [-0.39, 0.29) is 22.9 Å². The molecule has 0 spiro atoms. The standard InChI is InChI=1S/C17H32O2/c1-8-17(11-9-10-12-17)19-14(18)16(7,13(2)3)15(4,5)6/h13H,8-12H2,1-7H3. The molecule has 1 saturated carbocycles. The van der Waals surface area contributed by atoms with Crippen molar-refractivity contribution >= 4 is 5.97 Å². The SMILES string of the molecule is CCC1(OC(=O)C(C)(C(C)C)C(C)(C)C)CCCC1. The molecule has 1 atom stereocenters. The van der Waals surface area contributed by atoms with Crippen molar-refractivity contribution in [1.82, 2.24) is 0 Å². The molecule has 112 valence electrons. The van der Waals surface area contributed by atoms with Gasteiger partial charge in [0.25, 0.3) is 0 Å². The van der Waals surface area contributed by atoms with E-state index in [0.717, 1.165) is 19.3 Å². The van der Waals surface area contributed by atoms with Gasteiger partial charge in [0.15, 0.2) is 0 Å². The van der Waals surface area contributed by atoms with Gasteiger partial charge in [-0.1, -0.05) is 41.5 Å². The number of hydrogen-bond donors (Lipinski definition) is 0. The summed E-state index contributed by atoms with van der Waals surface area (Å²) in [6.07, 6.45) is 5.39. The van der Waals surface area contributed by atoms with Crippen LogP contribution in [0.15, 0.2) is 0 Å². The minimum absolute atomic E-state index is 0.00116. The van der Waals surface area contributed by atoms with E-state index >= 15 is 0 Å². The van der Waals surface area contributed by atoms with Crippen molar-refractivity contribution in [2.75, 3.05) is 0 Å². The topological polar surface area (TPSA) is 26.3 Å². The molecule has 1 rings (SSSR count). The summed E-state index contributed by atoms with van der Waals surface area (Å²) < 4.78 is 6.06. The molecular weight excluding hydrogens is 236 g/mol. The number of hydrogen-bond acceptors (Lipinski definition) is 2. The molecule has 0 aromatic heterocycles. The first-order chi connectivity index (χ1) is 8.59. The zero-order chi connectivity index (χ0) is 14.9. The number of esters is 1. The summed E-state index contributed by atoms with van der Waals surface area (Å²) in [6, 6.07) is 0. The molecular formula is C17H32O2. The predicted octanol–water partition coefficient (Wildman–Crippen LogP) is 4.96. The van der Waals surface area contributed by atoms with Gasteiger partial charge in [-0.05, 0) is 50.4 Å². The lowest BCUT2D eigenvalue weighted by atomic mass is 9.61. The van der Waals surface area contributed by atoms with Gasteiger partial charge < -0.3 is 4.74 Å². The first-order valence-corrected chi connectivity index (χ1v) is 7.82. The Kier molecular flexibility index (Phi) is 4.75. The third-order valence-corrected chi connectivity index (χ3v) is 5.61. The lowest BCUT2D eigenvalue weighted by Crippen LogP contribution is -2.48. The Morgan fingerprint density at radius 3 is 1.95 bits per heavy atom. The summed E-state index contributed by atoms with van der Waals surface area (Å²) in [6.45, 7) is 14.9. The van der Waals surface area contributed by atoms with E-state index in [2.05, 4.69) is 48.5 Å². The molecule has 19 heavy (non-hydrogen) atoms. The van der Waals surface area contributed by atoms with Gasteiger partial charge in [-0.15, -0.1) is 0 Å². The zero-order valence-corrected chi connectivity index (χ0v) is 13.9. The Balaban J connectivity index is 2.96. The molecule has 0 radical (unpaired) electrons. The summed E-state index contributed by atoms with van der Waals surface area (Å²) >= 11 is 0. The monoisotopic (exact) mass is 268 g/mol. The highest BCUT2D eigenvalue weighted by Gasteiger charge is 2.50. The van der Waals surface area contributed by atoms with Gasteiger partial charge in [-0.25, -0.2) is 0 Å². The zero-order valence-electron chi connectivity index (χ0n) is 13.9. The molecule has 1 unspecified atom stereocenters. The molecule has 0 amide bonds. The summed E-state index contributed by atoms with van der Waals surface area (Å²) in [5.41, 5.74) is -0.706. The number of carbonyl (C=O) groups excluding carboxylic acids is 1. The highest BCUT2D eigenvalue weighted by Crippen LogP contribution is 2.47. The van der Waals surface area contributed by atoms with E-state index in [4.69, 9.17) is 4.74 Å². The van der Waals surface area contributed by atoms with Crippen LogP contribution >= 0.6 is 0 Å². The van der Waals surface area contributed by atoms with Crippen molar-refractivity contribution in [3.63, 3.8) is 0 Å². The van der Waals surface area contributed by atoms with Crippen LogP contribution in [0.2, 0.25) is 0 Å². The minimum Gasteiger partial charge on any atom is -0.459 e. The van der Waals surface area contributed by atoms with E-state index in [1.807, 2.05) is 0 Å². The lowest BCUT2D eigenvalue weighted by molar-refractivity contribution is -0.182. The van der Waals surface area contributed by atoms with E-state index in [9.17, 15) is 4.79 Å². The molecule has 0 aliphatic heterocycles.